The lowest BCUT2D eigenvalue weighted by Crippen LogP contribution is -2.37. The molecule has 0 bridgehead atoms. The highest BCUT2D eigenvalue weighted by Crippen LogP contribution is 2.17. The normalized spacial score (nSPS) is 16.9. The molecule has 1 aliphatic heterocycles. The summed E-state index contributed by atoms with van der Waals surface area (Å²) >= 11 is 2.06. The van der Waals surface area contributed by atoms with E-state index in [1.165, 1.54) is 50.3 Å². The number of hydrogen-bond donors (Lipinski definition) is 1. The van der Waals surface area contributed by atoms with E-state index in [4.69, 9.17) is 0 Å². The smallest absolute Gasteiger partial charge is 0.0185 e. The van der Waals surface area contributed by atoms with Crippen LogP contribution in [0.1, 0.15) is 18.4 Å². The molecule has 1 aromatic rings. The van der Waals surface area contributed by atoms with Gasteiger partial charge in [-0.1, -0.05) is 30.3 Å². The molecule has 1 saturated heterocycles. The SMILES string of the molecule is CNCC1CCN(CCSCc2ccccc2)CC1.Cl. The van der Waals surface area contributed by atoms with Crippen molar-refractivity contribution >= 4 is 24.2 Å². The average molecular weight is 315 g/mol. The van der Waals surface area contributed by atoms with Crippen LogP contribution in [-0.4, -0.2) is 43.9 Å². The van der Waals surface area contributed by atoms with Gasteiger partial charge in [-0.25, -0.2) is 0 Å². The maximum atomic E-state index is 3.30. The third kappa shape index (κ3) is 6.49. The molecule has 4 heteroatoms. The third-order valence-corrected chi connectivity index (χ3v) is 4.87. The Bertz CT molecular complexity index is 340. The van der Waals surface area contributed by atoms with Gasteiger partial charge in [0.1, 0.15) is 0 Å². The molecule has 0 spiro atoms. The molecule has 0 aliphatic carbocycles. The number of piperidine rings is 1. The van der Waals surface area contributed by atoms with E-state index in [-0.39, 0.29) is 12.4 Å². The number of halogens is 1. The monoisotopic (exact) mass is 314 g/mol. The molecule has 0 atom stereocenters. The van der Waals surface area contributed by atoms with E-state index in [0.717, 1.165) is 11.7 Å². The molecule has 1 heterocycles. The van der Waals surface area contributed by atoms with Crippen molar-refractivity contribution in [2.24, 2.45) is 5.92 Å². The minimum Gasteiger partial charge on any atom is -0.319 e. The molecule has 0 unspecified atom stereocenters. The summed E-state index contributed by atoms with van der Waals surface area (Å²) < 4.78 is 0. The molecule has 1 N–H and O–H groups in total. The van der Waals surface area contributed by atoms with E-state index < -0.39 is 0 Å². The van der Waals surface area contributed by atoms with Crippen LogP contribution in [0, 0.1) is 5.92 Å². The number of rotatable bonds is 7. The zero-order chi connectivity index (χ0) is 13.3. The highest BCUT2D eigenvalue weighted by Gasteiger charge is 2.17. The van der Waals surface area contributed by atoms with Gasteiger partial charge in [0.2, 0.25) is 0 Å². The Hall–Kier alpha value is -0.220. The maximum absolute atomic E-state index is 3.30. The van der Waals surface area contributed by atoms with Gasteiger partial charge >= 0.3 is 0 Å². The van der Waals surface area contributed by atoms with E-state index in [1.807, 2.05) is 0 Å². The lowest BCUT2D eigenvalue weighted by Gasteiger charge is -2.31. The van der Waals surface area contributed by atoms with Crippen LogP contribution in [0.2, 0.25) is 0 Å². The zero-order valence-electron chi connectivity index (χ0n) is 12.4. The van der Waals surface area contributed by atoms with Crippen LogP contribution in [0.5, 0.6) is 0 Å². The summed E-state index contributed by atoms with van der Waals surface area (Å²) in [4.78, 5) is 2.63. The summed E-state index contributed by atoms with van der Waals surface area (Å²) in [5, 5.41) is 3.30. The second-order valence-corrected chi connectivity index (χ2v) is 6.49. The van der Waals surface area contributed by atoms with E-state index in [9.17, 15) is 0 Å². The number of hydrogen-bond acceptors (Lipinski definition) is 3. The second-order valence-electron chi connectivity index (χ2n) is 5.38. The molecule has 0 aromatic heterocycles. The summed E-state index contributed by atoms with van der Waals surface area (Å²) in [6.45, 7) is 5.02. The molecule has 0 radical (unpaired) electrons. The molecular weight excluding hydrogens is 288 g/mol. The van der Waals surface area contributed by atoms with Crippen molar-refractivity contribution in [3.05, 3.63) is 35.9 Å². The zero-order valence-corrected chi connectivity index (χ0v) is 14.0. The molecule has 0 saturated carbocycles. The first-order valence-corrected chi connectivity index (χ1v) is 8.52. The molecule has 1 aromatic carbocycles. The first kappa shape index (κ1) is 17.8. The van der Waals surface area contributed by atoms with Crippen LogP contribution in [0.3, 0.4) is 0 Å². The quantitative estimate of drug-likeness (QED) is 0.778. The molecule has 1 aliphatic rings. The fraction of sp³-hybridized carbons (Fsp3) is 0.625. The molecular formula is C16H27ClN2S. The fourth-order valence-corrected chi connectivity index (χ4v) is 3.62. The number of nitrogens with one attached hydrogen (secondary N) is 1. The van der Waals surface area contributed by atoms with E-state index >= 15 is 0 Å². The lowest BCUT2D eigenvalue weighted by atomic mass is 9.97. The highest BCUT2D eigenvalue weighted by atomic mass is 35.5. The minimum absolute atomic E-state index is 0. The van der Waals surface area contributed by atoms with Crippen molar-refractivity contribution in [3.8, 4) is 0 Å². The first-order chi connectivity index (χ1) is 9.38. The van der Waals surface area contributed by atoms with Gasteiger partial charge in [0, 0.05) is 18.1 Å². The lowest BCUT2D eigenvalue weighted by molar-refractivity contribution is 0.193. The number of benzene rings is 1. The van der Waals surface area contributed by atoms with Crippen LogP contribution in [0.25, 0.3) is 0 Å². The summed E-state index contributed by atoms with van der Waals surface area (Å²) in [7, 11) is 2.06. The van der Waals surface area contributed by atoms with E-state index in [2.05, 4.69) is 59.4 Å². The summed E-state index contributed by atoms with van der Waals surface area (Å²) in [6, 6.07) is 10.8. The summed E-state index contributed by atoms with van der Waals surface area (Å²) in [5.74, 6) is 3.31. The molecule has 114 valence electrons. The van der Waals surface area contributed by atoms with Crippen molar-refractivity contribution in [2.75, 3.05) is 39.0 Å². The van der Waals surface area contributed by atoms with Crippen LogP contribution in [0.4, 0.5) is 0 Å². The predicted molar refractivity (Wildman–Crippen MR) is 92.9 cm³/mol. The Kier molecular flexibility index (Phi) is 9.36. The van der Waals surface area contributed by atoms with Gasteiger partial charge in [0.15, 0.2) is 0 Å². The Balaban J connectivity index is 0.00000200. The van der Waals surface area contributed by atoms with Gasteiger partial charge in [-0.05, 0) is 51.0 Å². The molecule has 2 rings (SSSR count). The van der Waals surface area contributed by atoms with Gasteiger partial charge in [-0.2, -0.15) is 11.8 Å². The van der Waals surface area contributed by atoms with Crippen LogP contribution < -0.4 is 5.32 Å². The van der Waals surface area contributed by atoms with Crippen molar-refractivity contribution in [1.29, 1.82) is 0 Å². The van der Waals surface area contributed by atoms with Gasteiger partial charge in [-0.15, -0.1) is 12.4 Å². The van der Waals surface area contributed by atoms with Gasteiger partial charge < -0.3 is 10.2 Å². The molecule has 20 heavy (non-hydrogen) atoms. The van der Waals surface area contributed by atoms with Crippen LogP contribution >= 0.6 is 24.2 Å². The van der Waals surface area contributed by atoms with E-state index in [0.29, 0.717) is 0 Å². The Morgan fingerprint density at radius 3 is 2.55 bits per heavy atom. The van der Waals surface area contributed by atoms with Crippen LogP contribution in [0.15, 0.2) is 30.3 Å². The number of nitrogens with zero attached hydrogens (tertiary/aromatic N) is 1. The van der Waals surface area contributed by atoms with E-state index in [1.54, 1.807) is 0 Å². The second kappa shape index (κ2) is 10.5. The van der Waals surface area contributed by atoms with Crippen molar-refractivity contribution in [2.45, 2.75) is 18.6 Å². The third-order valence-electron chi connectivity index (χ3n) is 3.86. The Morgan fingerprint density at radius 2 is 1.90 bits per heavy atom. The Morgan fingerprint density at radius 1 is 1.20 bits per heavy atom. The van der Waals surface area contributed by atoms with Gasteiger partial charge in [0.05, 0.1) is 0 Å². The fourth-order valence-electron chi connectivity index (χ4n) is 2.66. The predicted octanol–water partition coefficient (Wildman–Crippen LogP) is 3.27. The standard InChI is InChI=1S/C16H26N2S.ClH/c1-17-13-15-7-9-18(10-8-15)11-12-19-14-16-5-3-2-4-6-16;/h2-6,15,17H,7-14H2,1H3;1H. The largest absolute Gasteiger partial charge is 0.319 e. The highest BCUT2D eigenvalue weighted by molar-refractivity contribution is 7.98. The Labute approximate surface area is 134 Å². The maximum Gasteiger partial charge on any atom is 0.0185 e. The number of likely N-dealkylation sites (tertiary alicyclic amines) is 1. The minimum atomic E-state index is 0. The van der Waals surface area contributed by atoms with Gasteiger partial charge in [0.25, 0.3) is 0 Å². The van der Waals surface area contributed by atoms with Crippen molar-refractivity contribution < 1.29 is 0 Å². The van der Waals surface area contributed by atoms with Gasteiger partial charge in [-0.3, -0.25) is 0 Å². The molecule has 0 amide bonds. The van der Waals surface area contributed by atoms with Crippen LogP contribution in [-0.2, 0) is 5.75 Å². The topological polar surface area (TPSA) is 15.3 Å². The van der Waals surface area contributed by atoms with Crippen molar-refractivity contribution in [3.63, 3.8) is 0 Å². The summed E-state index contributed by atoms with van der Waals surface area (Å²) in [6.07, 6.45) is 2.73. The average Bonchev–Trinajstić information content (AvgIpc) is 2.47. The molecule has 2 nitrogen and oxygen atoms in total. The van der Waals surface area contributed by atoms with Crippen molar-refractivity contribution in [1.82, 2.24) is 10.2 Å². The number of thioether (sulfide) groups is 1. The summed E-state index contributed by atoms with van der Waals surface area (Å²) in [5.41, 5.74) is 1.44. The first-order valence-electron chi connectivity index (χ1n) is 7.37. The molecule has 1 fully saturated rings.